The smallest absolute Gasteiger partial charge is 0.338 e. The largest absolute Gasteiger partial charge is 0.423 e. The molecule has 3 aromatic rings. The van der Waals surface area contributed by atoms with E-state index in [9.17, 15) is 14.4 Å². The van der Waals surface area contributed by atoms with Crippen molar-refractivity contribution < 1.29 is 28.6 Å². The van der Waals surface area contributed by atoms with Gasteiger partial charge in [-0.1, -0.05) is 44.0 Å². The molecule has 0 aromatic heterocycles. The van der Waals surface area contributed by atoms with E-state index in [0.717, 1.165) is 38.9 Å². The molecular weight excluding hydrogens is 516 g/mol. The van der Waals surface area contributed by atoms with Crippen LogP contribution in [0.2, 0.25) is 0 Å². The SMILES string of the molecule is C=C(C)C(=O)Oc1ccc(C(c2cc(C)c(OC(=O)C(=C)C)cc2C)c2cc(C)c(OC(=O)C(=C)C)cc2C)cc1. The Morgan fingerprint density at radius 2 is 0.927 bits per heavy atom. The molecule has 0 aliphatic rings. The first-order valence-corrected chi connectivity index (χ1v) is 13.1. The molecule has 0 atom stereocenters. The van der Waals surface area contributed by atoms with Crippen molar-refractivity contribution in [1.82, 2.24) is 0 Å². The van der Waals surface area contributed by atoms with Gasteiger partial charge in [0, 0.05) is 22.6 Å². The zero-order chi connectivity index (χ0) is 30.6. The minimum atomic E-state index is -0.493. The number of hydrogen-bond acceptors (Lipinski definition) is 6. The van der Waals surface area contributed by atoms with Gasteiger partial charge < -0.3 is 14.2 Å². The van der Waals surface area contributed by atoms with Crippen molar-refractivity contribution in [2.45, 2.75) is 54.4 Å². The van der Waals surface area contributed by atoms with Crippen LogP contribution >= 0.6 is 0 Å². The Hall–Kier alpha value is -4.71. The molecule has 0 saturated carbocycles. The van der Waals surface area contributed by atoms with Crippen molar-refractivity contribution in [1.29, 1.82) is 0 Å². The van der Waals surface area contributed by atoms with E-state index < -0.39 is 17.9 Å². The van der Waals surface area contributed by atoms with Crippen molar-refractivity contribution in [3.05, 3.63) is 124 Å². The summed E-state index contributed by atoms with van der Waals surface area (Å²) in [6, 6.07) is 15.1. The van der Waals surface area contributed by atoms with Gasteiger partial charge in [-0.2, -0.15) is 0 Å². The number of benzene rings is 3. The second-order valence-electron chi connectivity index (χ2n) is 10.5. The number of carbonyl (C=O) groups excluding carboxylic acids is 3. The van der Waals surface area contributed by atoms with Crippen LogP contribution < -0.4 is 14.2 Å². The molecule has 3 rings (SSSR count). The van der Waals surface area contributed by atoms with Crippen molar-refractivity contribution in [3.8, 4) is 17.2 Å². The van der Waals surface area contributed by atoms with Gasteiger partial charge in [0.2, 0.25) is 0 Å². The van der Waals surface area contributed by atoms with Crippen LogP contribution in [0.4, 0.5) is 0 Å². The maximum atomic E-state index is 12.2. The molecule has 0 fully saturated rings. The highest BCUT2D eigenvalue weighted by atomic mass is 16.5. The highest BCUT2D eigenvalue weighted by Crippen LogP contribution is 2.40. The second kappa shape index (κ2) is 12.6. The maximum Gasteiger partial charge on any atom is 0.338 e. The molecule has 0 saturated heterocycles. The summed E-state index contributed by atoms with van der Waals surface area (Å²) in [6.45, 7) is 23.5. The fraction of sp³-hybridized carbons (Fsp3) is 0.229. The fourth-order valence-corrected chi connectivity index (χ4v) is 4.29. The van der Waals surface area contributed by atoms with Gasteiger partial charge in [-0.15, -0.1) is 0 Å². The van der Waals surface area contributed by atoms with Crippen LogP contribution in [0.25, 0.3) is 0 Å². The van der Waals surface area contributed by atoms with Crippen LogP contribution in [0.5, 0.6) is 17.2 Å². The van der Waals surface area contributed by atoms with E-state index in [-0.39, 0.29) is 5.92 Å². The predicted molar refractivity (Wildman–Crippen MR) is 161 cm³/mol. The quantitative estimate of drug-likeness (QED) is 0.118. The van der Waals surface area contributed by atoms with Crippen molar-refractivity contribution >= 4 is 17.9 Å². The number of esters is 3. The minimum absolute atomic E-state index is 0.241. The first-order valence-electron chi connectivity index (χ1n) is 13.1. The molecule has 0 radical (unpaired) electrons. The Balaban J connectivity index is 2.17. The summed E-state index contributed by atoms with van der Waals surface area (Å²) < 4.78 is 16.5. The number of aryl methyl sites for hydroxylation is 4. The molecule has 0 aliphatic heterocycles. The van der Waals surface area contributed by atoms with Gasteiger partial charge in [0.1, 0.15) is 17.2 Å². The first-order chi connectivity index (χ1) is 19.2. The summed E-state index contributed by atoms with van der Waals surface area (Å²) in [7, 11) is 0. The van der Waals surface area contributed by atoms with Crippen molar-refractivity contribution in [2.24, 2.45) is 0 Å². The summed E-state index contributed by atoms with van der Waals surface area (Å²) >= 11 is 0. The van der Waals surface area contributed by atoms with Gasteiger partial charge in [-0.3, -0.25) is 0 Å². The van der Waals surface area contributed by atoms with E-state index in [1.165, 1.54) is 0 Å². The Morgan fingerprint density at radius 1 is 0.561 bits per heavy atom. The molecule has 0 unspecified atom stereocenters. The van der Waals surface area contributed by atoms with E-state index in [4.69, 9.17) is 14.2 Å². The molecule has 0 N–H and O–H groups in total. The second-order valence-corrected chi connectivity index (χ2v) is 10.5. The number of carbonyl (C=O) groups is 3. The lowest BCUT2D eigenvalue weighted by Crippen LogP contribution is -2.13. The lowest BCUT2D eigenvalue weighted by Gasteiger charge is -2.25. The van der Waals surface area contributed by atoms with E-state index in [1.807, 2.05) is 64.1 Å². The minimum Gasteiger partial charge on any atom is -0.423 e. The average Bonchev–Trinajstić information content (AvgIpc) is 2.90. The first kappa shape index (κ1) is 30.8. The zero-order valence-electron chi connectivity index (χ0n) is 24.8. The summed E-state index contributed by atoms with van der Waals surface area (Å²) in [5, 5.41) is 0. The summed E-state index contributed by atoms with van der Waals surface area (Å²) in [5.41, 5.74) is 7.29. The number of rotatable bonds is 9. The van der Waals surface area contributed by atoms with Gasteiger partial charge in [0.15, 0.2) is 0 Å². The third-order valence-electron chi connectivity index (χ3n) is 6.62. The maximum absolute atomic E-state index is 12.2. The van der Waals surface area contributed by atoms with Crippen LogP contribution in [0.1, 0.15) is 65.6 Å². The highest BCUT2D eigenvalue weighted by Gasteiger charge is 2.24. The number of ether oxygens (including phenoxy) is 3. The van der Waals surface area contributed by atoms with Crippen molar-refractivity contribution in [2.75, 3.05) is 0 Å². The van der Waals surface area contributed by atoms with Gasteiger partial charge in [-0.25, -0.2) is 14.4 Å². The van der Waals surface area contributed by atoms with E-state index in [1.54, 1.807) is 32.9 Å². The fourth-order valence-electron chi connectivity index (χ4n) is 4.29. The molecule has 6 heteroatoms. The van der Waals surface area contributed by atoms with Crippen LogP contribution in [0.15, 0.2) is 85.0 Å². The van der Waals surface area contributed by atoms with Gasteiger partial charge in [0.25, 0.3) is 0 Å². The molecule has 0 heterocycles. The monoisotopic (exact) mass is 552 g/mol. The molecule has 212 valence electrons. The standard InChI is InChI=1S/C35H36O6/c1-19(2)33(36)39-27-13-11-26(12-14-27)32(28-15-24(9)30(17-22(28)7)40-34(37)20(3)4)29-16-25(10)31(18-23(29)8)41-35(38)21(5)6/h11-18,32H,1,3,5H2,2,4,6-10H3. The molecule has 3 aromatic carbocycles. The number of hydrogen-bond donors (Lipinski definition) is 0. The molecule has 0 amide bonds. The summed E-state index contributed by atoms with van der Waals surface area (Å²) in [6.07, 6.45) is 0. The Kier molecular flexibility index (Phi) is 9.51. The summed E-state index contributed by atoms with van der Waals surface area (Å²) in [5.74, 6) is -0.358. The topological polar surface area (TPSA) is 78.9 Å². The van der Waals surface area contributed by atoms with Crippen LogP contribution in [0.3, 0.4) is 0 Å². The Morgan fingerprint density at radius 3 is 1.29 bits per heavy atom. The zero-order valence-corrected chi connectivity index (χ0v) is 24.8. The van der Waals surface area contributed by atoms with Crippen LogP contribution in [0, 0.1) is 27.7 Å². The van der Waals surface area contributed by atoms with Gasteiger partial charge in [-0.05, 0) is 112 Å². The molecule has 0 spiro atoms. The highest BCUT2D eigenvalue weighted by molar-refractivity contribution is 5.90. The average molecular weight is 553 g/mol. The predicted octanol–water partition coefficient (Wildman–Crippen LogP) is 7.54. The van der Waals surface area contributed by atoms with E-state index in [0.29, 0.717) is 34.0 Å². The van der Waals surface area contributed by atoms with E-state index >= 15 is 0 Å². The normalized spacial score (nSPS) is 10.6. The van der Waals surface area contributed by atoms with E-state index in [2.05, 4.69) is 19.7 Å². The van der Waals surface area contributed by atoms with Crippen molar-refractivity contribution in [3.63, 3.8) is 0 Å². The third kappa shape index (κ3) is 7.28. The lowest BCUT2D eigenvalue weighted by atomic mass is 9.80. The van der Waals surface area contributed by atoms with Gasteiger partial charge >= 0.3 is 17.9 Å². The molecule has 0 bridgehead atoms. The molecule has 0 aliphatic carbocycles. The lowest BCUT2D eigenvalue weighted by molar-refractivity contribution is -0.131. The molecule has 41 heavy (non-hydrogen) atoms. The Bertz CT molecular complexity index is 1490. The van der Waals surface area contributed by atoms with Gasteiger partial charge in [0.05, 0.1) is 0 Å². The third-order valence-corrected chi connectivity index (χ3v) is 6.62. The Labute approximate surface area is 242 Å². The summed E-state index contributed by atoms with van der Waals surface area (Å²) in [4.78, 5) is 36.5. The van der Waals surface area contributed by atoms with Crippen LogP contribution in [-0.2, 0) is 14.4 Å². The molecular formula is C35H36O6. The molecule has 6 nitrogen and oxygen atoms in total. The van der Waals surface area contributed by atoms with Crippen LogP contribution in [-0.4, -0.2) is 17.9 Å².